The summed E-state index contributed by atoms with van der Waals surface area (Å²) in [6.07, 6.45) is -16.0. The largest absolute Gasteiger partial charge is 0.435 e. The molecule has 0 bridgehead atoms. The fourth-order valence-corrected chi connectivity index (χ4v) is 4.56. The zero-order chi connectivity index (χ0) is 25.8. The highest BCUT2D eigenvalue weighted by Gasteiger charge is 2.85. The monoisotopic (exact) mass is 503 g/mol. The number of unbranched alkanes of at least 4 members (excludes halogenated alkanes) is 1. The second kappa shape index (κ2) is 10.9. The summed E-state index contributed by atoms with van der Waals surface area (Å²) in [6, 6.07) is 0. The van der Waals surface area contributed by atoms with Gasteiger partial charge in [-0.1, -0.05) is 27.7 Å². The van der Waals surface area contributed by atoms with Crippen molar-refractivity contribution in [3.8, 4) is 0 Å². The Morgan fingerprint density at radius 2 is 1.03 bits per heavy atom. The third-order valence-electron chi connectivity index (χ3n) is 6.88. The standard InChI is InChI=1S/C21H34F9NO2/c1-5-16(6-2)13-15(14-17(7-3,8-4)31-16)32-11-9-10-12-33-18(19(22,23)24,20(25,26)27)21(28,29)30/h15,31H,5-14H2,1-4H3. The lowest BCUT2D eigenvalue weighted by molar-refractivity contribution is -0.457. The Labute approximate surface area is 188 Å². The highest BCUT2D eigenvalue weighted by atomic mass is 19.4. The summed E-state index contributed by atoms with van der Waals surface area (Å²) < 4.78 is 125. The van der Waals surface area contributed by atoms with E-state index in [4.69, 9.17) is 4.74 Å². The van der Waals surface area contributed by atoms with Gasteiger partial charge in [-0.25, -0.2) is 0 Å². The molecule has 1 saturated heterocycles. The van der Waals surface area contributed by atoms with Crippen LogP contribution in [0.4, 0.5) is 39.5 Å². The van der Waals surface area contributed by atoms with Crippen molar-refractivity contribution in [1.29, 1.82) is 0 Å². The number of halogens is 9. The molecule has 0 saturated carbocycles. The maximum Gasteiger partial charge on any atom is 0.435 e. The third-order valence-corrected chi connectivity index (χ3v) is 6.88. The van der Waals surface area contributed by atoms with Crippen molar-refractivity contribution in [2.24, 2.45) is 0 Å². The first-order valence-electron chi connectivity index (χ1n) is 11.2. The molecule has 3 nitrogen and oxygen atoms in total. The molecule has 33 heavy (non-hydrogen) atoms. The van der Waals surface area contributed by atoms with Crippen molar-refractivity contribution < 1.29 is 49.0 Å². The number of piperidine rings is 1. The first-order chi connectivity index (χ1) is 15.0. The minimum atomic E-state index is -6.71. The predicted molar refractivity (Wildman–Crippen MR) is 105 cm³/mol. The number of hydrogen-bond acceptors (Lipinski definition) is 3. The van der Waals surface area contributed by atoms with E-state index in [1.165, 1.54) is 0 Å². The molecule has 0 radical (unpaired) electrons. The fourth-order valence-electron chi connectivity index (χ4n) is 4.56. The molecule has 0 aromatic carbocycles. The minimum Gasteiger partial charge on any atom is -0.378 e. The van der Waals surface area contributed by atoms with Gasteiger partial charge >= 0.3 is 24.1 Å². The zero-order valence-electron chi connectivity index (χ0n) is 19.4. The van der Waals surface area contributed by atoms with Gasteiger partial charge in [0.05, 0.1) is 6.10 Å². The van der Waals surface area contributed by atoms with Crippen LogP contribution in [0.2, 0.25) is 0 Å². The van der Waals surface area contributed by atoms with Crippen LogP contribution in [0, 0.1) is 0 Å². The molecule has 12 heteroatoms. The van der Waals surface area contributed by atoms with Crippen LogP contribution in [0.15, 0.2) is 0 Å². The number of nitrogens with one attached hydrogen (secondary N) is 1. The maximum atomic E-state index is 12.9. The molecule has 1 fully saturated rings. The van der Waals surface area contributed by atoms with Gasteiger partial charge in [0.25, 0.3) is 0 Å². The van der Waals surface area contributed by atoms with Crippen molar-refractivity contribution in [2.45, 2.75) is 120 Å². The van der Waals surface area contributed by atoms with E-state index < -0.39 is 37.2 Å². The summed E-state index contributed by atoms with van der Waals surface area (Å²) in [5.74, 6) is 0. The smallest absolute Gasteiger partial charge is 0.378 e. The van der Waals surface area contributed by atoms with Crippen LogP contribution < -0.4 is 5.32 Å². The van der Waals surface area contributed by atoms with Crippen LogP contribution in [-0.2, 0) is 9.47 Å². The van der Waals surface area contributed by atoms with Crippen LogP contribution in [0.1, 0.15) is 79.1 Å². The average Bonchev–Trinajstić information content (AvgIpc) is 2.69. The lowest BCUT2D eigenvalue weighted by atomic mass is 9.72. The predicted octanol–water partition coefficient (Wildman–Crippen LogP) is 7.10. The van der Waals surface area contributed by atoms with Crippen molar-refractivity contribution >= 4 is 0 Å². The summed E-state index contributed by atoms with van der Waals surface area (Å²) in [6.45, 7) is 6.86. The van der Waals surface area contributed by atoms with E-state index in [0.29, 0.717) is 12.8 Å². The molecule has 1 aliphatic rings. The van der Waals surface area contributed by atoms with Crippen molar-refractivity contribution in [1.82, 2.24) is 5.32 Å². The molecule has 0 amide bonds. The second-order valence-corrected chi connectivity index (χ2v) is 8.73. The highest BCUT2D eigenvalue weighted by molar-refractivity contribution is 5.04. The number of alkyl halides is 9. The van der Waals surface area contributed by atoms with E-state index in [-0.39, 0.29) is 30.2 Å². The molecule has 198 valence electrons. The van der Waals surface area contributed by atoms with Crippen molar-refractivity contribution in [3.63, 3.8) is 0 Å². The first kappa shape index (κ1) is 30.3. The molecule has 0 aliphatic carbocycles. The van der Waals surface area contributed by atoms with Gasteiger partial charge in [-0.2, -0.15) is 39.5 Å². The van der Waals surface area contributed by atoms with Gasteiger partial charge < -0.3 is 14.8 Å². The second-order valence-electron chi connectivity index (χ2n) is 8.73. The van der Waals surface area contributed by atoms with Gasteiger partial charge in [0.2, 0.25) is 0 Å². The third kappa shape index (κ3) is 6.48. The first-order valence-corrected chi connectivity index (χ1v) is 11.2. The Morgan fingerprint density at radius 1 is 0.667 bits per heavy atom. The lowest BCUT2D eigenvalue weighted by Crippen LogP contribution is -2.67. The molecule has 0 aromatic heterocycles. The molecule has 1 heterocycles. The fraction of sp³-hybridized carbons (Fsp3) is 1.00. The number of hydrogen-bond donors (Lipinski definition) is 1. The molecule has 0 atom stereocenters. The maximum absolute atomic E-state index is 12.9. The summed E-state index contributed by atoms with van der Waals surface area (Å²) >= 11 is 0. The highest BCUT2D eigenvalue weighted by Crippen LogP contribution is 2.54. The average molecular weight is 503 g/mol. The van der Waals surface area contributed by atoms with E-state index in [1.54, 1.807) is 0 Å². The van der Waals surface area contributed by atoms with Gasteiger partial charge in [0.1, 0.15) is 0 Å². The number of ether oxygens (including phenoxy) is 2. The molecule has 1 N–H and O–H groups in total. The topological polar surface area (TPSA) is 30.5 Å². The quantitative estimate of drug-likeness (QED) is 0.241. The van der Waals surface area contributed by atoms with E-state index in [9.17, 15) is 39.5 Å². The molecular weight excluding hydrogens is 469 g/mol. The van der Waals surface area contributed by atoms with Gasteiger partial charge in [-0.05, 0) is 51.4 Å². The van der Waals surface area contributed by atoms with Gasteiger partial charge in [0, 0.05) is 24.3 Å². The van der Waals surface area contributed by atoms with Crippen molar-refractivity contribution in [2.75, 3.05) is 13.2 Å². The van der Waals surface area contributed by atoms with Crippen LogP contribution in [0.25, 0.3) is 0 Å². The zero-order valence-corrected chi connectivity index (χ0v) is 19.4. The minimum absolute atomic E-state index is 0.00189. The van der Waals surface area contributed by atoms with Crippen LogP contribution in [0.3, 0.4) is 0 Å². The van der Waals surface area contributed by atoms with Crippen LogP contribution in [-0.4, -0.2) is 54.5 Å². The summed E-state index contributed by atoms with van der Waals surface area (Å²) in [5, 5.41) is 3.76. The van der Waals surface area contributed by atoms with Crippen molar-refractivity contribution in [3.05, 3.63) is 0 Å². The van der Waals surface area contributed by atoms with Gasteiger partial charge in [-0.15, -0.1) is 0 Å². The van der Waals surface area contributed by atoms with E-state index in [0.717, 1.165) is 25.7 Å². The van der Waals surface area contributed by atoms with E-state index >= 15 is 0 Å². The van der Waals surface area contributed by atoms with Crippen LogP contribution in [0.5, 0.6) is 0 Å². The molecule has 1 rings (SSSR count). The molecule has 1 aliphatic heterocycles. The van der Waals surface area contributed by atoms with Gasteiger partial charge in [0.15, 0.2) is 0 Å². The van der Waals surface area contributed by atoms with Gasteiger partial charge in [-0.3, -0.25) is 0 Å². The Morgan fingerprint density at radius 3 is 1.36 bits per heavy atom. The SMILES string of the molecule is CCC1(CC)CC(OCCCCOC(C(F)(F)F)(C(F)(F)F)C(F)(F)F)CC(CC)(CC)N1. The Hall–Kier alpha value is -0.750. The molecule has 0 unspecified atom stereocenters. The molecular formula is C21H34F9NO2. The van der Waals surface area contributed by atoms with Crippen LogP contribution >= 0.6 is 0 Å². The number of rotatable bonds is 11. The molecule has 0 aromatic rings. The lowest BCUT2D eigenvalue weighted by Gasteiger charge is -2.52. The van der Waals surface area contributed by atoms with E-state index in [1.807, 2.05) is 0 Å². The normalized spacial score (nSPS) is 20.3. The molecule has 0 spiro atoms. The Kier molecular flexibility index (Phi) is 9.99. The summed E-state index contributed by atoms with van der Waals surface area (Å²) in [4.78, 5) is 0. The Bertz CT molecular complexity index is 538. The summed E-state index contributed by atoms with van der Waals surface area (Å²) in [7, 11) is 0. The van der Waals surface area contributed by atoms with E-state index in [2.05, 4.69) is 37.7 Å². The summed E-state index contributed by atoms with van der Waals surface area (Å²) in [5.41, 5.74) is -6.51. The Balaban J connectivity index is 2.74.